The second kappa shape index (κ2) is 16.6. The number of hydrogen-bond donors (Lipinski definition) is 2. The number of carbonyl (C=O) groups is 1. The molecule has 3 aliphatic heterocycles. The molecule has 3 aliphatic rings. The Hall–Kier alpha value is -3.34. The van der Waals surface area contributed by atoms with Crippen LogP contribution in [0.4, 0.5) is 0 Å². The lowest BCUT2D eigenvalue weighted by Crippen LogP contribution is -2.47. The van der Waals surface area contributed by atoms with E-state index in [1.807, 2.05) is 0 Å². The minimum Gasteiger partial charge on any atom is -0.396 e. The number of aromatic nitrogens is 2. The third-order valence-electron chi connectivity index (χ3n) is 8.82. The van der Waals surface area contributed by atoms with Crippen LogP contribution in [0, 0.1) is 12.8 Å². The van der Waals surface area contributed by atoms with Crippen LogP contribution < -0.4 is 11.2 Å². The third-order valence-corrected chi connectivity index (χ3v) is 11.0. The maximum Gasteiger partial charge on any atom is 0.340 e. The van der Waals surface area contributed by atoms with Crippen LogP contribution in [-0.2, 0) is 54.2 Å². The smallest absolute Gasteiger partial charge is 0.340 e. The number of ether oxygens (including phenoxy) is 4. The van der Waals surface area contributed by atoms with Gasteiger partial charge in [-0.05, 0) is 36.8 Å². The Bertz CT molecular complexity index is 2110. The minimum atomic E-state index is -3.94. The molecule has 1 spiro atoms. The van der Waals surface area contributed by atoms with Crippen molar-refractivity contribution in [3.05, 3.63) is 103 Å². The zero-order valence-corrected chi connectivity index (χ0v) is 31.2. The summed E-state index contributed by atoms with van der Waals surface area (Å²) in [6, 6.07) is 14.8. The summed E-state index contributed by atoms with van der Waals surface area (Å²) in [5.74, 6) is -2.16. The molecule has 7 atom stereocenters. The molecule has 0 saturated carbocycles. The highest BCUT2D eigenvalue weighted by atomic mass is 35.5. The Morgan fingerprint density at radius 3 is 2.34 bits per heavy atom. The maximum atomic E-state index is 13.4. The van der Waals surface area contributed by atoms with E-state index in [0.29, 0.717) is 9.59 Å². The average Bonchev–Trinajstić information content (AvgIpc) is 3.75. The normalized spacial score (nSPS) is 27.8. The van der Waals surface area contributed by atoms with Gasteiger partial charge >= 0.3 is 5.69 Å². The number of benzene rings is 2. The van der Waals surface area contributed by atoms with Gasteiger partial charge in [0.25, 0.3) is 31.7 Å². The van der Waals surface area contributed by atoms with Gasteiger partial charge < -0.3 is 29.2 Å². The van der Waals surface area contributed by atoms with E-state index in [-0.39, 0.29) is 37.4 Å². The summed E-state index contributed by atoms with van der Waals surface area (Å²) in [4.78, 5) is 39.3. The highest BCUT2D eigenvalue weighted by Gasteiger charge is 2.62. The number of carbonyl (C=O) groups excluding carboxylic acids is 1. The van der Waals surface area contributed by atoms with E-state index in [4.69, 9.17) is 34.7 Å². The second-order valence-electron chi connectivity index (χ2n) is 12.7. The Morgan fingerprint density at radius 1 is 1.09 bits per heavy atom. The van der Waals surface area contributed by atoms with Crippen LogP contribution in [0.15, 0.2) is 70.4 Å². The van der Waals surface area contributed by atoms with Crippen LogP contribution in [0.1, 0.15) is 34.1 Å². The topological polar surface area (TPSA) is 225 Å². The van der Waals surface area contributed by atoms with E-state index in [0.717, 1.165) is 23.5 Å². The van der Waals surface area contributed by atoms with Gasteiger partial charge in [-0.3, -0.25) is 22.5 Å². The SMILES string of the molecule is COS(C)(=O)=O.Cc1cn([C@H]2C[C@H](O)[C@@H](COC3OC4(COS(=O)(=O)C4)[C@@H](OCc4ccc(Cl)cc4)[C@H]3CO)O2)c(=O)n(C(=O)c2ccccc2)c1=O. The van der Waals surface area contributed by atoms with Gasteiger partial charge in [0, 0.05) is 28.8 Å². The summed E-state index contributed by atoms with van der Waals surface area (Å²) in [6.45, 7) is 0.412. The van der Waals surface area contributed by atoms with Gasteiger partial charge in [-0.2, -0.15) is 21.4 Å². The molecule has 1 aromatic heterocycles. The first-order valence-electron chi connectivity index (χ1n) is 16.1. The molecular weight excluding hydrogens is 764 g/mol. The quantitative estimate of drug-likeness (QED) is 0.267. The fourth-order valence-electron chi connectivity index (χ4n) is 6.12. The average molecular weight is 803 g/mol. The van der Waals surface area contributed by atoms with Crippen LogP contribution in [0.25, 0.3) is 0 Å². The lowest BCUT2D eigenvalue weighted by molar-refractivity contribution is -0.200. The fraction of sp³-hybridized carbons (Fsp3) is 0.485. The van der Waals surface area contributed by atoms with E-state index in [1.165, 1.54) is 25.3 Å². The van der Waals surface area contributed by atoms with Gasteiger partial charge in [-0.1, -0.05) is 41.9 Å². The lowest BCUT2D eigenvalue weighted by Gasteiger charge is -2.28. The van der Waals surface area contributed by atoms with E-state index in [2.05, 4.69) is 4.18 Å². The molecule has 290 valence electrons. The predicted molar refractivity (Wildman–Crippen MR) is 186 cm³/mol. The van der Waals surface area contributed by atoms with Crippen molar-refractivity contribution < 1.29 is 59.2 Å². The molecule has 3 aromatic rings. The minimum absolute atomic E-state index is 0.0609. The first-order chi connectivity index (χ1) is 25.0. The van der Waals surface area contributed by atoms with Gasteiger partial charge in [0.2, 0.25) is 0 Å². The van der Waals surface area contributed by atoms with Crippen LogP contribution in [0.2, 0.25) is 5.02 Å². The van der Waals surface area contributed by atoms with Gasteiger partial charge in [0.15, 0.2) is 6.29 Å². The van der Waals surface area contributed by atoms with Crippen molar-refractivity contribution in [3.8, 4) is 0 Å². The largest absolute Gasteiger partial charge is 0.396 e. The first kappa shape index (κ1) is 40.8. The monoisotopic (exact) mass is 802 g/mol. The third kappa shape index (κ3) is 9.49. The van der Waals surface area contributed by atoms with Gasteiger partial charge in [-0.15, -0.1) is 0 Å². The Morgan fingerprint density at radius 2 is 1.75 bits per heavy atom. The number of aryl methyl sites for hydroxylation is 1. The first-order valence-corrected chi connectivity index (χ1v) is 19.9. The summed E-state index contributed by atoms with van der Waals surface area (Å²) in [6.07, 6.45) is -3.09. The van der Waals surface area contributed by atoms with Crippen molar-refractivity contribution in [2.45, 2.75) is 56.4 Å². The molecule has 0 bridgehead atoms. The second-order valence-corrected chi connectivity index (χ2v) is 16.5. The molecule has 2 N–H and O–H groups in total. The number of aliphatic hydroxyl groups excluding tert-OH is 2. The number of aliphatic hydroxyl groups is 2. The van der Waals surface area contributed by atoms with Gasteiger partial charge in [0.05, 0.1) is 51.8 Å². The van der Waals surface area contributed by atoms with Crippen LogP contribution in [0.5, 0.6) is 0 Å². The predicted octanol–water partition coefficient (Wildman–Crippen LogP) is 0.567. The Kier molecular flexibility index (Phi) is 12.8. The summed E-state index contributed by atoms with van der Waals surface area (Å²) in [5.41, 5.74) is -2.16. The van der Waals surface area contributed by atoms with Crippen LogP contribution in [0.3, 0.4) is 0 Å². The van der Waals surface area contributed by atoms with Crippen molar-refractivity contribution in [1.82, 2.24) is 9.13 Å². The molecule has 0 amide bonds. The standard InChI is InChI=1S/C31H33ClN2O12S.C2H6O3S/c1-18-12-33(30(39)34(27(18)37)28(38)20-5-3-2-4-6-20)25-11-23(36)24(45-25)15-43-29-22(13-35)26(31(46-29)16-44-47(40,41)17-31)42-14-19-7-9-21(32)10-8-19;1-5-6(2,3)4/h2-10,12,22-26,29,35-36H,11,13-17H2,1H3;1-2H3/t22-,23+,24-,25-,26+,29?,31?;/m1./s1. The summed E-state index contributed by atoms with van der Waals surface area (Å²) < 4.78 is 79.0. The molecule has 2 unspecified atom stereocenters. The van der Waals surface area contributed by atoms with E-state index in [1.54, 1.807) is 42.5 Å². The number of halogens is 1. The van der Waals surface area contributed by atoms with Gasteiger partial charge in [0.1, 0.15) is 29.8 Å². The Labute approximate surface area is 309 Å². The molecule has 2 aromatic carbocycles. The summed E-state index contributed by atoms with van der Waals surface area (Å²) in [5, 5.41) is 21.8. The highest BCUT2D eigenvalue weighted by Crippen LogP contribution is 2.43. The van der Waals surface area contributed by atoms with E-state index >= 15 is 0 Å². The van der Waals surface area contributed by atoms with Crippen molar-refractivity contribution in [3.63, 3.8) is 0 Å². The molecule has 3 fully saturated rings. The molecule has 6 rings (SSSR count). The molecule has 53 heavy (non-hydrogen) atoms. The zero-order valence-electron chi connectivity index (χ0n) is 28.8. The van der Waals surface area contributed by atoms with Crippen LogP contribution in [-0.4, -0.2) is 111 Å². The van der Waals surface area contributed by atoms with Gasteiger partial charge in [-0.25, -0.2) is 4.79 Å². The molecule has 0 aliphatic carbocycles. The van der Waals surface area contributed by atoms with Crippen molar-refractivity contribution in [2.75, 3.05) is 38.9 Å². The fourth-order valence-corrected chi connectivity index (χ4v) is 7.63. The van der Waals surface area contributed by atoms with Crippen molar-refractivity contribution >= 4 is 37.7 Å². The van der Waals surface area contributed by atoms with Crippen molar-refractivity contribution in [2.24, 2.45) is 5.92 Å². The molecule has 3 saturated heterocycles. The molecule has 17 nitrogen and oxygen atoms in total. The van der Waals surface area contributed by atoms with E-state index in [9.17, 15) is 41.4 Å². The number of nitrogens with zero attached hydrogens (tertiary/aromatic N) is 2. The number of rotatable bonds is 10. The molecule has 20 heteroatoms. The number of hydrogen-bond acceptors (Lipinski definition) is 15. The molecule has 4 heterocycles. The summed E-state index contributed by atoms with van der Waals surface area (Å²) in [7, 11) is -5.98. The highest BCUT2D eigenvalue weighted by molar-refractivity contribution is 7.87. The lowest BCUT2D eigenvalue weighted by atomic mass is 9.92. The molecular formula is C33H39ClN2O15S2. The van der Waals surface area contributed by atoms with E-state index < -0.39 is 92.1 Å². The zero-order chi connectivity index (χ0) is 38.7. The Balaban J connectivity index is 0.000000833. The maximum absolute atomic E-state index is 13.4. The van der Waals surface area contributed by atoms with Crippen LogP contribution >= 0.6 is 11.6 Å². The summed E-state index contributed by atoms with van der Waals surface area (Å²) >= 11 is 5.97. The molecule has 0 radical (unpaired) electrons. The van der Waals surface area contributed by atoms with Crippen molar-refractivity contribution in [1.29, 1.82) is 0 Å².